The summed E-state index contributed by atoms with van der Waals surface area (Å²) in [5.74, 6) is -0.976. The van der Waals surface area contributed by atoms with Crippen molar-refractivity contribution in [3.05, 3.63) is 53.3 Å². The van der Waals surface area contributed by atoms with Crippen LogP contribution in [0, 0.1) is 0 Å². The lowest BCUT2D eigenvalue weighted by molar-refractivity contribution is -0.114. The Morgan fingerprint density at radius 3 is 2.64 bits per heavy atom. The molecule has 0 atom stereocenters. The van der Waals surface area contributed by atoms with Crippen LogP contribution in [0.5, 0.6) is 0 Å². The maximum Gasteiger partial charge on any atom is 0.258 e. The van der Waals surface area contributed by atoms with E-state index in [9.17, 15) is 18.4 Å². The van der Waals surface area contributed by atoms with E-state index in [0.29, 0.717) is 22.3 Å². The zero-order valence-corrected chi connectivity index (χ0v) is 11.3. The minimum absolute atomic E-state index is 0.298. The summed E-state index contributed by atoms with van der Waals surface area (Å²) in [6, 6.07) is 6.71. The molecule has 1 aliphatic rings. The Morgan fingerprint density at radius 2 is 1.91 bits per heavy atom. The SMILES string of the molecule is O=C1NC(=O)c2ccccc2/C1=C\c1cnn(CC(F)F)c1. The lowest BCUT2D eigenvalue weighted by Crippen LogP contribution is -2.36. The first kappa shape index (κ1) is 14.1. The molecule has 2 aromatic rings. The summed E-state index contributed by atoms with van der Waals surface area (Å²) in [5, 5.41) is 6.06. The first-order valence-electron chi connectivity index (χ1n) is 6.52. The summed E-state index contributed by atoms with van der Waals surface area (Å²) in [6.07, 6.45) is 1.83. The number of carbonyl (C=O) groups is 2. The topological polar surface area (TPSA) is 64.0 Å². The molecule has 0 saturated heterocycles. The molecule has 112 valence electrons. The standard InChI is InChI=1S/C15H11F2N3O2/c16-13(17)8-20-7-9(6-18-20)5-12-10-3-1-2-4-11(10)14(21)19-15(12)22/h1-7,13H,8H2,(H,19,21,22)/b12-5+. The normalized spacial score (nSPS) is 16.0. The van der Waals surface area contributed by atoms with Gasteiger partial charge >= 0.3 is 0 Å². The average molecular weight is 303 g/mol. The van der Waals surface area contributed by atoms with Crippen LogP contribution in [0.1, 0.15) is 21.5 Å². The van der Waals surface area contributed by atoms with E-state index in [1.807, 2.05) is 0 Å². The van der Waals surface area contributed by atoms with Gasteiger partial charge in [-0.3, -0.25) is 19.6 Å². The number of carbonyl (C=O) groups excluding carboxylic acids is 2. The molecule has 22 heavy (non-hydrogen) atoms. The number of hydrogen-bond donors (Lipinski definition) is 1. The van der Waals surface area contributed by atoms with Crippen LogP contribution in [-0.2, 0) is 11.3 Å². The monoisotopic (exact) mass is 303 g/mol. The predicted molar refractivity (Wildman–Crippen MR) is 75.0 cm³/mol. The third-order valence-electron chi connectivity index (χ3n) is 3.22. The number of fused-ring (bicyclic) bond motifs is 1. The molecular weight excluding hydrogens is 292 g/mol. The van der Waals surface area contributed by atoms with Crippen molar-refractivity contribution in [1.82, 2.24) is 15.1 Å². The highest BCUT2D eigenvalue weighted by Gasteiger charge is 2.26. The van der Waals surface area contributed by atoms with Gasteiger partial charge in [-0.25, -0.2) is 8.78 Å². The van der Waals surface area contributed by atoms with Gasteiger partial charge in [-0.05, 0) is 17.7 Å². The second-order valence-corrected chi connectivity index (χ2v) is 4.77. The fourth-order valence-electron chi connectivity index (χ4n) is 2.28. The van der Waals surface area contributed by atoms with Crippen LogP contribution in [0.15, 0.2) is 36.7 Å². The Kier molecular flexibility index (Phi) is 3.54. The molecule has 3 rings (SSSR count). The maximum absolute atomic E-state index is 12.3. The van der Waals surface area contributed by atoms with Crippen LogP contribution >= 0.6 is 0 Å². The Hall–Kier alpha value is -2.83. The summed E-state index contributed by atoms with van der Waals surface area (Å²) in [6.45, 7) is -0.509. The number of hydrogen-bond acceptors (Lipinski definition) is 3. The number of alkyl halides is 2. The largest absolute Gasteiger partial charge is 0.288 e. The van der Waals surface area contributed by atoms with Gasteiger partial charge in [0.2, 0.25) is 0 Å². The molecule has 2 amide bonds. The van der Waals surface area contributed by atoms with Crippen molar-refractivity contribution in [3.63, 3.8) is 0 Å². The molecule has 0 saturated carbocycles. The summed E-state index contributed by atoms with van der Waals surface area (Å²) < 4.78 is 25.7. The van der Waals surface area contributed by atoms with Crippen molar-refractivity contribution in [2.24, 2.45) is 0 Å². The van der Waals surface area contributed by atoms with Crippen molar-refractivity contribution in [3.8, 4) is 0 Å². The van der Waals surface area contributed by atoms with Crippen LogP contribution in [0.2, 0.25) is 0 Å². The molecule has 0 fully saturated rings. The van der Waals surface area contributed by atoms with Crippen molar-refractivity contribution in [2.45, 2.75) is 13.0 Å². The van der Waals surface area contributed by atoms with Crippen LogP contribution in [0.3, 0.4) is 0 Å². The van der Waals surface area contributed by atoms with Crippen LogP contribution < -0.4 is 5.32 Å². The molecule has 0 spiro atoms. The van der Waals surface area contributed by atoms with E-state index in [0.717, 1.165) is 4.68 Å². The summed E-state index contributed by atoms with van der Waals surface area (Å²) in [5.41, 5.74) is 1.72. The number of nitrogens with zero attached hydrogens (tertiary/aromatic N) is 2. The van der Waals surface area contributed by atoms with E-state index < -0.39 is 24.8 Å². The number of aromatic nitrogens is 2. The van der Waals surface area contributed by atoms with E-state index in [1.165, 1.54) is 18.5 Å². The van der Waals surface area contributed by atoms with Crippen LogP contribution in [0.25, 0.3) is 11.6 Å². The Morgan fingerprint density at radius 1 is 1.18 bits per heavy atom. The van der Waals surface area contributed by atoms with Crippen molar-refractivity contribution in [2.75, 3.05) is 0 Å². The quantitative estimate of drug-likeness (QED) is 0.696. The van der Waals surface area contributed by atoms with Crippen molar-refractivity contribution in [1.29, 1.82) is 0 Å². The summed E-state index contributed by atoms with van der Waals surface area (Å²) in [7, 11) is 0. The summed E-state index contributed by atoms with van der Waals surface area (Å²) in [4.78, 5) is 23.8. The van der Waals surface area contributed by atoms with Gasteiger partial charge in [0.05, 0.1) is 6.20 Å². The molecule has 1 aromatic heterocycles. The number of nitrogens with one attached hydrogen (secondary N) is 1. The number of halogens is 2. The predicted octanol–water partition coefficient (Wildman–Crippen LogP) is 1.96. The molecule has 0 unspecified atom stereocenters. The third kappa shape index (κ3) is 2.65. The Balaban J connectivity index is 2.00. The molecular formula is C15H11F2N3O2. The van der Waals surface area contributed by atoms with Crippen molar-refractivity contribution < 1.29 is 18.4 Å². The lowest BCUT2D eigenvalue weighted by atomic mass is 9.94. The fourth-order valence-corrected chi connectivity index (χ4v) is 2.28. The molecule has 2 heterocycles. The van der Waals surface area contributed by atoms with E-state index in [-0.39, 0.29) is 0 Å². The van der Waals surface area contributed by atoms with E-state index in [1.54, 1.807) is 24.3 Å². The maximum atomic E-state index is 12.3. The van der Waals surface area contributed by atoms with Gasteiger partial charge in [0.25, 0.3) is 18.2 Å². The van der Waals surface area contributed by atoms with Crippen molar-refractivity contribution >= 4 is 23.5 Å². The molecule has 0 aliphatic carbocycles. The highest BCUT2D eigenvalue weighted by atomic mass is 19.3. The Labute approximate surface area is 124 Å². The number of amides is 2. The van der Waals surface area contributed by atoms with Gasteiger partial charge in [-0.2, -0.15) is 5.10 Å². The number of benzene rings is 1. The summed E-state index contributed by atoms with van der Waals surface area (Å²) >= 11 is 0. The van der Waals surface area contributed by atoms with Crippen LogP contribution in [-0.4, -0.2) is 28.0 Å². The zero-order valence-electron chi connectivity index (χ0n) is 11.3. The fraction of sp³-hybridized carbons (Fsp3) is 0.133. The molecule has 1 aliphatic heterocycles. The second kappa shape index (κ2) is 5.51. The molecule has 1 aromatic carbocycles. The highest BCUT2D eigenvalue weighted by molar-refractivity contribution is 6.33. The Bertz CT molecular complexity index is 781. The average Bonchev–Trinajstić information content (AvgIpc) is 2.90. The van der Waals surface area contributed by atoms with E-state index >= 15 is 0 Å². The molecule has 1 N–H and O–H groups in total. The van der Waals surface area contributed by atoms with Gasteiger partial charge < -0.3 is 0 Å². The van der Waals surface area contributed by atoms with Gasteiger partial charge in [0.1, 0.15) is 6.54 Å². The minimum atomic E-state index is -2.50. The highest BCUT2D eigenvalue weighted by Crippen LogP contribution is 2.25. The molecule has 0 radical (unpaired) electrons. The third-order valence-corrected chi connectivity index (χ3v) is 3.22. The van der Waals surface area contributed by atoms with Crippen LogP contribution in [0.4, 0.5) is 8.78 Å². The molecule has 5 nitrogen and oxygen atoms in total. The minimum Gasteiger partial charge on any atom is -0.288 e. The molecule has 7 heteroatoms. The van der Waals surface area contributed by atoms with Gasteiger partial charge in [0, 0.05) is 22.9 Å². The second-order valence-electron chi connectivity index (χ2n) is 4.77. The number of imide groups is 1. The molecule has 0 bridgehead atoms. The van der Waals surface area contributed by atoms with E-state index in [2.05, 4.69) is 10.4 Å². The first-order valence-corrected chi connectivity index (χ1v) is 6.52. The van der Waals surface area contributed by atoms with E-state index in [4.69, 9.17) is 0 Å². The van der Waals surface area contributed by atoms with Gasteiger partial charge in [-0.1, -0.05) is 18.2 Å². The zero-order chi connectivity index (χ0) is 15.7. The van der Waals surface area contributed by atoms with Gasteiger partial charge in [0.15, 0.2) is 0 Å². The van der Waals surface area contributed by atoms with Gasteiger partial charge in [-0.15, -0.1) is 0 Å². The first-order chi connectivity index (χ1) is 10.5. The smallest absolute Gasteiger partial charge is 0.258 e. The number of rotatable bonds is 3. The lowest BCUT2D eigenvalue weighted by Gasteiger charge is -2.17.